The van der Waals surface area contributed by atoms with Crippen molar-refractivity contribution in [3.05, 3.63) is 70.3 Å². The highest BCUT2D eigenvalue weighted by Crippen LogP contribution is 2.17. The second-order valence-electron chi connectivity index (χ2n) is 4.58. The van der Waals surface area contributed by atoms with E-state index in [4.69, 9.17) is 0 Å². The molecular weight excluding hydrogens is 246 g/mol. The van der Waals surface area contributed by atoms with Gasteiger partial charge < -0.3 is 0 Å². The topological polar surface area (TPSA) is 17.1 Å². The number of rotatable bonds is 3. The molecular formula is C16H14F2O. The van der Waals surface area contributed by atoms with Crippen molar-refractivity contribution >= 4 is 5.78 Å². The lowest BCUT2D eigenvalue weighted by Gasteiger charge is -2.08. The molecule has 0 aliphatic heterocycles. The summed E-state index contributed by atoms with van der Waals surface area (Å²) in [4.78, 5) is 12.2. The van der Waals surface area contributed by atoms with Crippen LogP contribution in [0.4, 0.5) is 8.78 Å². The zero-order valence-corrected chi connectivity index (χ0v) is 10.8. The minimum Gasteiger partial charge on any atom is -0.294 e. The Bertz CT molecular complexity index is 633. The van der Waals surface area contributed by atoms with Crippen LogP contribution in [-0.4, -0.2) is 5.78 Å². The highest BCUT2D eigenvalue weighted by atomic mass is 19.1. The van der Waals surface area contributed by atoms with Gasteiger partial charge in [0.2, 0.25) is 0 Å². The first-order valence-electron chi connectivity index (χ1n) is 6.02. The first kappa shape index (κ1) is 13.4. The number of hydrogen-bond donors (Lipinski definition) is 0. The Kier molecular flexibility index (Phi) is 3.74. The van der Waals surface area contributed by atoms with Crippen molar-refractivity contribution in [2.45, 2.75) is 20.3 Å². The molecule has 0 saturated carbocycles. The normalized spacial score (nSPS) is 10.5. The zero-order chi connectivity index (χ0) is 14.0. The number of hydrogen-bond acceptors (Lipinski definition) is 1. The van der Waals surface area contributed by atoms with E-state index in [1.54, 1.807) is 12.1 Å². The molecule has 0 atom stereocenters. The molecule has 0 amide bonds. The Labute approximate surface area is 110 Å². The number of benzene rings is 2. The molecule has 0 bridgehead atoms. The molecule has 1 nitrogen and oxygen atoms in total. The molecule has 0 spiro atoms. The second kappa shape index (κ2) is 5.31. The molecule has 0 fully saturated rings. The molecule has 2 aromatic carbocycles. The number of carbonyl (C=O) groups excluding carboxylic acids is 1. The number of ketones is 1. The first-order chi connectivity index (χ1) is 8.99. The van der Waals surface area contributed by atoms with Crippen molar-refractivity contribution in [2.24, 2.45) is 0 Å². The number of aryl methyl sites for hydroxylation is 1. The minimum absolute atomic E-state index is 0.0888. The Morgan fingerprint density at radius 1 is 1.11 bits per heavy atom. The fourth-order valence-corrected chi connectivity index (χ4v) is 2.00. The van der Waals surface area contributed by atoms with Crippen LogP contribution in [0, 0.1) is 25.5 Å². The van der Waals surface area contributed by atoms with Crippen LogP contribution in [0.5, 0.6) is 0 Å². The Balaban J connectivity index is 2.31. The lowest BCUT2D eigenvalue weighted by atomic mass is 9.96. The molecule has 0 saturated heterocycles. The predicted octanol–water partition coefficient (Wildman–Crippen LogP) is 4.01. The van der Waals surface area contributed by atoms with Crippen LogP contribution in [0.3, 0.4) is 0 Å². The lowest BCUT2D eigenvalue weighted by Crippen LogP contribution is -2.08. The van der Waals surface area contributed by atoms with Crippen molar-refractivity contribution in [1.29, 1.82) is 0 Å². The standard InChI is InChI=1S/C16H14F2O/c1-10-4-3-5-14(11(10)2)16(19)9-12-8-13(17)6-7-15(12)18/h3-8H,9H2,1-2H3. The van der Waals surface area contributed by atoms with Crippen LogP contribution < -0.4 is 0 Å². The van der Waals surface area contributed by atoms with Crippen LogP contribution in [0.1, 0.15) is 27.0 Å². The maximum Gasteiger partial charge on any atom is 0.167 e. The molecule has 3 heteroatoms. The van der Waals surface area contributed by atoms with Gasteiger partial charge in [-0.15, -0.1) is 0 Å². The van der Waals surface area contributed by atoms with Crippen LogP contribution in [0.2, 0.25) is 0 Å². The van der Waals surface area contributed by atoms with Crippen molar-refractivity contribution in [1.82, 2.24) is 0 Å². The Hall–Kier alpha value is -2.03. The van der Waals surface area contributed by atoms with Crippen molar-refractivity contribution < 1.29 is 13.6 Å². The highest BCUT2D eigenvalue weighted by molar-refractivity contribution is 5.99. The van der Waals surface area contributed by atoms with Crippen LogP contribution in [0.15, 0.2) is 36.4 Å². The summed E-state index contributed by atoms with van der Waals surface area (Å²) in [6, 6.07) is 8.56. The fraction of sp³-hybridized carbons (Fsp3) is 0.188. The van der Waals surface area contributed by atoms with Crippen LogP contribution in [0.25, 0.3) is 0 Å². The molecule has 19 heavy (non-hydrogen) atoms. The van der Waals surface area contributed by atoms with Gasteiger partial charge in [0.1, 0.15) is 11.6 Å². The summed E-state index contributed by atoms with van der Waals surface area (Å²) in [7, 11) is 0. The molecule has 0 aliphatic rings. The van der Waals surface area contributed by atoms with E-state index in [0.717, 1.165) is 29.3 Å². The van der Waals surface area contributed by atoms with E-state index >= 15 is 0 Å². The van der Waals surface area contributed by atoms with Gasteiger partial charge in [-0.3, -0.25) is 4.79 Å². The summed E-state index contributed by atoms with van der Waals surface area (Å²) in [5.41, 5.74) is 2.53. The van der Waals surface area contributed by atoms with Gasteiger partial charge in [-0.1, -0.05) is 18.2 Å². The summed E-state index contributed by atoms with van der Waals surface area (Å²) in [5.74, 6) is -1.30. The number of Topliss-reactive ketones (excluding diaryl/α,β-unsaturated/α-hetero) is 1. The van der Waals surface area contributed by atoms with Gasteiger partial charge in [-0.05, 0) is 48.7 Å². The third-order valence-electron chi connectivity index (χ3n) is 3.26. The van der Waals surface area contributed by atoms with Crippen molar-refractivity contribution in [3.63, 3.8) is 0 Å². The average Bonchev–Trinajstić information content (AvgIpc) is 2.37. The predicted molar refractivity (Wildman–Crippen MR) is 70.3 cm³/mol. The molecule has 0 N–H and O–H groups in total. The van der Waals surface area contributed by atoms with Gasteiger partial charge in [0.05, 0.1) is 0 Å². The van der Waals surface area contributed by atoms with E-state index in [2.05, 4.69) is 0 Å². The Morgan fingerprint density at radius 3 is 2.58 bits per heavy atom. The molecule has 0 aliphatic carbocycles. The summed E-state index contributed by atoms with van der Waals surface area (Å²) < 4.78 is 26.6. The molecule has 2 aromatic rings. The monoisotopic (exact) mass is 260 g/mol. The van der Waals surface area contributed by atoms with E-state index < -0.39 is 11.6 Å². The third-order valence-corrected chi connectivity index (χ3v) is 3.26. The molecule has 98 valence electrons. The lowest BCUT2D eigenvalue weighted by molar-refractivity contribution is 0.0991. The van der Waals surface area contributed by atoms with Crippen LogP contribution >= 0.6 is 0 Å². The van der Waals surface area contributed by atoms with Crippen molar-refractivity contribution in [2.75, 3.05) is 0 Å². The van der Waals surface area contributed by atoms with Gasteiger partial charge in [0, 0.05) is 12.0 Å². The van der Waals surface area contributed by atoms with Crippen LogP contribution in [-0.2, 0) is 6.42 Å². The summed E-state index contributed by atoms with van der Waals surface area (Å²) in [6.45, 7) is 3.76. The quantitative estimate of drug-likeness (QED) is 0.762. The van der Waals surface area contributed by atoms with Gasteiger partial charge in [-0.2, -0.15) is 0 Å². The summed E-state index contributed by atoms with van der Waals surface area (Å²) in [5, 5.41) is 0. The van der Waals surface area contributed by atoms with Gasteiger partial charge in [0.15, 0.2) is 5.78 Å². The number of halogens is 2. The average molecular weight is 260 g/mol. The van der Waals surface area contributed by atoms with E-state index in [1.807, 2.05) is 19.9 Å². The summed E-state index contributed by atoms with van der Waals surface area (Å²) >= 11 is 0. The molecule has 2 rings (SSSR count). The van der Waals surface area contributed by atoms with Gasteiger partial charge >= 0.3 is 0 Å². The summed E-state index contributed by atoms with van der Waals surface area (Å²) in [6.07, 6.45) is -0.131. The minimum atomic E-state index is -0.556. The highest BCUT2D eigenvalue weighted by Gasteiger charge is 2.14. The number of carbonyl (C=O) groups is 1. The Morgan fingerprint density at radius 2 is 1.84 bits per heavy atom. The maximum absolute atomic E-state index is 13.5. The van der Waals surface area contributed by atoms with E-state index in [-0.39, 0.29) is 17.8 Å². The van der Waals surface area contributed by atoms with Gasteiger partial charge in [0.25, 0.3) is 0 Å². The second-order valence-corrected chi connectivity index (χ2v) is 4.58. The van der Waals surface area contributed by atoms with Gasteiger partial charge in [-0.25, -0.2) is 8.78 Å². The molecule has 0 aromatic heterocycles. The fourth-order valence-electron chi connectivity index (χ4n) is 2.00. The smallest absolute Gasteiger partial charge is 0.167 e. The molecule has 0 unspecified atom stereocenters. The van der Waals surface area contributed by atoms with E-state index in [1.165, 1.54) is 0 Å². The third kappa shape index (κ3) is 2.87. The largest absolute Gasteiger partial charge is 0.294 e. The molecule has 0 heterocycles. The maximum atomic E-state index is 13.5. The molecule has 0 radical (unpaired) electrons. The zero-order valence-electron chi connectivity index (χ0n) is 10.8. The van der Waals surface area contributed by atoms with E-state index in [9.17, 15) is 13.6 Å². The van der Waals surface area contributed by atoms with Crippen molar-refractivity contribution in [3.8, 4) is 0 Å². The van der Waals surface area contributed by atoms with E-state index in [0.29, 0.717) is 5.56 Å². The SMILES string of the molecule is Cc1cccc(C(=O)Cc2cc(F)ccc2F)c1C. The first-order valence-corrected chi connectivity index (χ1v) is 6.02.